The van der Waals surface area contributed by atoms with Crippen LogP contribution < -0.4 is 14.4 Å². The molecule has 0 heterocycles. The van der Waals surface area contributed by atoms with Crippen LogP contribution in [-0.2, 0) is 32.6 Å². The summed E-state index contributed by atoms with van der Waals surface area (Å²) >= 11 is 6.82. The monoisotopic (exact) mass is 769 g/mol. The first kappa shape index (κ1) is 35.2. The number of sulfonamides is 1. The van der Waals surface area contributed by atoms with Gasteiger partial charge in [-0.3, -0.25) is 13.9 Å². The molecule has 46 heavy (non-hydrogen) atoms. The number of rotatable bonds is 15. The van der Waals surface area contributed by atoms with Crippen molar-refractivity contribution in [2.75, 3.05) is 24.0 Å². The molecule has 0 bridgehead atoms. The van der Waals surface area contributed by atoms with Crippen LogP contribution in [0.2, 0.25) is 0 Å². The molecule has 1 atom stereocenters. The Kier molecular flexibility index (Phi) is 12.8. The fraction of sp³-hybridized carbons (Fsp3) is 0.257. The van der Waals surface area contributed by atoms with Crippen LogP contribution in [0.1, 0.15) is 31.4 Å². The number of hydrogen-bond donors (Lipinski definition) is 1. The van der Waals surface area contributed by atoms with E-state index in [9.17, 15) is 18.0 Å². The smallest absolute Gasteiger partial charge is 0.264 e. The van der Waals surface area contributed by atoms with E-state index in [1.165, 1.54) is 17.0 Å². The number of ether oxygens (including phenoxy) is 1. The summed E-state index contributed by atoms with van der Waals surface area (Å²) in [5.41, 5.74) is 1.96. The summed E-state index contributed by atoms with van der Waals surface area (Å²) < 4.78 is 36.6. The van der Waals surface area contributed by atoms with Crippen LogP contribution in [0.15, 0.2) is 117 Å². The minimum Gasteiger partial charge on any atom is -0.494 e. The first-order valence-corrected chi connectivity index (χ1v) is 18.0. The molecule has 242 valence electrons. The molecule has 0 saturated carbocycles. The SMILES string of the molecule is CCCNC(=O)[C@H](Cc1ccccc1)N(Cc1ccc(Br)cc1)C(=O)CN(c1ccc(OCC)cc1)S(=O)(=O)c1ccc(Br)cc1. The van der Waals surface area contributed by atoms with E-state index >= 15 is 0 Å². The maximum atomic E-state index is 14.5. The molecule has 2 amide bonds. The van der Waals surface area contributed by atoms with Crippen molar-refractivity contribution in [1.29, 1.82) is 0 Å². The molecule has 0 radical (unpaired) electrons. The van der Waals surface area contributed by atoms with Crippen LogP contribution in [0.4, 0.5) is 5.69 Å². The first-order valence-electron chi connectivity index (χ1n) is 15.0. The molecule has 0 aromatic heterocycles. The summed E-state index contributed by atoms with van der Waals surface area (Å²) in [6, 6.07) is 28.9. The Balaban J connectivity index is 1.79. The van der Waals surface area contributed by atoms with Gasteiger partial charge in [0.1, 0.15) is 18.3 Å². The number of hydrogen-bond acceptors (Lipinski definition) is 5. The Labute approximate surface area is 288 Å². The third-order valence-electron chi connectivity index (χ3n) is 7.20. The molecule has 0 saturated heterocycles. The number of benzene rings is 4. The van der Waals surface area contributed by atoms with Gasteiger partial charge in [0.15, 0.2) is 0 Å². The molecule has 4 rings (SSSR count). The van der Waals surface area contributed by atoms with Gasteiger partial charge >= 0.3 is 0 Å². The Morgan fingerprint density at radius 3 is 2.00 bits per heavy atom. The Bertz CT molecular complexity index is 1690. The van der Waals surface area contributed by atoms with Crippen molar-refractivity contribution in [2.24, 2.45) is 0 Å². The van der Waals surface area contributed by atoms with Gasteiger partial charge in [-0.2, -0.15) is 0 Å². The second kappa shape index (κ2) is 16.8. The lowest BCUT2D eigenvalue weighted by atomic mass is 10.0. The van der Waals surface area contributed by atoms with Crippen molar-refractivity contribution in [3.05, 3.63) is 123 Å². The Morgan fingerprint density at radius 1 is 0.804 bits per heavy atom. The van der Waals surface area contributed by atoms with Crippen molar-refractivity contribution < 1.29 is 22.7 Å². The van der Waals surface area contributed by atoms with Gasteiger partial charge in [0, 0.05) is 28.5 Å². The molecule has 4 aromatic carbocycles. The van der Waals surface area contributed by atoms with Gasteiger partial charge < -0.3 is 15.0 Å². The number of carbonyl (C=O) groups excluding carboxylic acids is 2. The van der Waals surface area contributed by atoms with Crippen molar-refractivity contribution in [1.82, 2.24) is 10.2 Å². The van der Waals surface area contributed by atoms with E-state index in [1.807, 2.05) is 68.4 Å². The van der Waals surface area contributed by atoms with Gasteiger partial charge in [-0.1, -0.05) is 81.2 Å². The average molecular weight is 772 g/mol. The molecule has 0 aliphatic carbocycles. The Hall–Kier alpha value is -3.67. The van der Waals surface area contributed by atoms with Gasteiger partial charge in [0.2, 0.25) is 11.8 Å². The lowest BCUT2D eigenvalue weighted by molar-refractivity contribution is -0.140. The number of nitrogens with one attached hydrogen (secondary N) is 1. The highest BCUT2D eigenvalue weighted by atomic mass is 79.9. The van der Waals surface area contributed by atoms with E-state index in [-0.39, 0.29) is 23.8 Å². The van der Waals surface area contributed by atoms with E-state index in [0.717, 1.165) is 30.8 Å². The van der Waals surface area contributed by atoms with Crippen molar-refractivity contribution >= 4 is 59.4 Å². The number of anilines is 1. The predicted octanol–water partition coefficient (Wildman–Crippen LogP) is 6.97. The number of carbonyl (C=O) groups is 2. The summed E-state index contributed by atoms with van der Waals surface area (Å²) in [5.74, 6) is -0.254. The number of amides is 2. The summed E-state index contributed by atoms with van der Waals surface area (Å²) in [6.07, 6.45) is 0.975. The fourth-order valence-corrected chi connectivity index (χ4v) is 6.79. The maximum Gasteiger partial charge on any atom is 0.264 e. The maximum absolute atomic E-state index is 14.5. The van der Waals surface area contributed by atoms with Crippen molar-refractivity contribution in [3.8, 4) is 5.75 Å². The normalized spacial score (nSPS) is 11.8. The summed E-state index contributed by atoms with van der Waals surface area (Å²) in [5, 5.41) is 2.96. The highest BCUT2D eigenvalue weighted by molar-refractivity contribution is 9.10. The zero-order chi connectivity index (χ0) is 33.1. The summed E-state index contributed by atoms with van der Waals surface area (Å²) in [4.78, 5) is 29.8. The van der Waals surface area contributed by atoms with E-state index in [0.29, 0.717) is 24.6 Å². The van der Waals surface area contributed by atoms with Crippen LogP contribution in [0.3, 0.4) is 0 Å². The zero-order valence-corrected chi connectivity index (χ0v) is 29.7. The van der Waals surface area contributed by atoms with E-state index in [1.54, 1.807) is 36.4 Å². The van der Waals surface area contributed by atoms with Gasteiger partial charge in [0.25, 0.3) is 10.0 Å². The molecule has 0 fully saturated rings. The average Bonchev–Trinajstić information content (AvgIpc) is 3.06. The topological polar surface area (TPSA) is 96.0 Å². The Morgan fingerprint density at radius 2 is 1.41 bits per heavy atom. The van der Waals surface area contributed by atoms with Crippen LogP contribution in [-0.4, -0.2) is 50.9 Å². The second-order valence-electron chi connectivity index (χ2n) is 10.5. The molecule has 0 unspecified atom stereocenters. The van der Waals surface area contributed by atoms with E-state index in [2.05, 4.69) is 37.2 Å². The van der Waals surface area contributed by atoms with Gasteiger partial charge in [-0.15, -0.1) is 0 Å². The fourth-order valence-electron chi connectivity index (χ4n) is 4.84. The molecule has 0 spiro atoms. The molecule has 4 aromatic rings. The molecule has 8 nitrogen and oxygen atoms in total. The molecular weight excluding hydrogens is 734 g/mol. The van der Waals surface area contributed by atoms with E-state index < -0.39 is 28.5 Å². The highest BCUT2D eigenvalue weighted by Gasteiger charge is 2.34. The summed E-state index contributed by atoms with van der Waals surface area (Å²) in [6.45, 7) is 4.28. The third-order valence-corrected chi connectivity index (χ3v) is 10.0. The van der Waals surface area contributed by atoms with Crippen molar-refractivity contribution in [3.63, 3.8) is 0 Å². The molecular formula is C35H37Br2N3O5S. The molecule has 1 N–H and O–H groups in total. The predicted molar refractivity (Wildman–Crippen MR) is 188 cm³/mol. The largest absolute Gasteiger partial charge is 0.494 e. The lowest BCUT2D eigenvalue weighted by Crippen LogP contribution is -2.53. The van der Waals surface area contributed by atoms with Gasteiger partial charge in [0.05, 0.1) is 17.2 Å². The minimum absolute atomic E-state index is 0.0263. The first-order chi connectivity index (χ1) is 22.1. The zero-order valence-electron chi connectivity index (χ0n) is 25.7. The standard InChI is InChI=1S/C35H37Br2N3O5S/c1-3-22-38-35(42)33(23-26-8-6-5-7-9-26)39(24-27-10-12-28(36)13-11-27)34(41)25-40(30-16-18-31(19-17-30)45-4-2)46(43,44)32-20-14-29(37)15-21-32/h5-21,33H,3-4,22-25H2,1-2H3,(H,38,42)/t33-/m0/s1. The van der Waals surface area contributed by atoms with Crippen LogP contribution in [0, 0.1) is 0 Å². The highest BCUT2D eigenvalue weighted by Crippen LogP contribution is 2.28. The van der Waals surface area contributed by atoms with Crippen LogP contribution >= 0.6 is 31.9 Å². The summed E-state index contributed by atoms with van der Waals surface area (Å²) in [7, 11) is -4.20. The lowest BCUT2D eigenvalue weighted by Gasteiger charge is -2.34. The molecule has 0 aliphatic rings. The van der Waals surface area contributed by atoms with Crippen LogP contribution in [0.25, 0.3) is 0 Å². The number of nitrogens with zero attached hydrogens (tertiary/aromatic N) is 2. The van der Waals surface area contributed by atoms with Gasteiger partial charge in [-0.05, 0) is 85.1 Å². The minimum atomic E-state index is -4.20. The molecule has 11 heteroatoms. The molecule has 0 aliphatic heterocycles. The third kappa shape index (κ3) is 9.43. The number of halogens is 2. The quantitative estimate of drug-likeness (QED) is 0.141. The van der Waals surface area contributed by atoms with Crippen LogP contribution in [0.5, 0.6) is 5.75 Å². The van der Waals surface area contributed by atoms with Crippen molar-refractivity contribution in [2.45, 2.75) is 44.2 Å². The second-order valence-corrected chi connectivity index (χ2v) is 14.2. The van der Waals surface area contributed by atoms with Gasteiger partial charge in [-0.25, -0.2) is 8.42 Å². The van der Waals surface area contributed by atoms with E-state index in [4.69, 9.17) is 4.74 Å².